The van der Waals surface area contributed by atoms with Gasteiger partial charge in [-0.05, 0) is 37.1 Å². The van der Waals surface area contributed by atoms with Crippen LogP contribution in [0.25, 0.3) is 0 Å². The van der Waals surface area contributed by atoms with Crippen molar-refractivity contribution in [1.82, 2.24) is 4.90 Å². The number of nitrogens with one attached hydrogen (secondary N) is 1. The molecule has 0 spiro atoms. The highest BCUT2D eigenvalue weighted by Gasteiger charge is 2.24. The molecule has 3 rings (SSSR count). The van der Waals surface area contributed by atoms with Crippen LogP contribution in [0.5, 0.6) is 0 Å². The number of aryl methyl sites for hydroxylation is 1. The average molecular weight is 411 g/mol. The normalized spacial score (nSPS) is 10.6. The Morgan fingerprint density at radius 2 is 1.83 bits per heavy atom. The molecule has 0 atom stereocenters. The van der Waals surface area contributed by atoms with E-state index in [9.17, 15) is 14.4 Å². The minimum absolute atomic E-state index is 0.148. The number of nitrogens with two attached hydrogens (primary N) is 1. The Morgan fingerprint density at radius 1 is 1.10 bits per heavy atom. The minimum atomic E-state index is -0.602. The van der Waals surface area contributed by atoms with Crippen LogP contribution in [0.15, 0.2) is 53.1 Å². The average Bonchev–Trinajstić information content (AvgIpc) is 3.30. The summed E-state index contributed by atoms with van der Waals surface area (Å²) in [6, 6.07) is 12.5. The Morgan fingerprint density at radius 3 is 2.45 bits per heavy atom. The number of amides is 3. The van der Waals surface area contributed by atoms with E-state index in [1.54, 1.807) is 19.1 Å². The van der Waals surface area contributed by atoms with Gasteiger partial charge in [0, 0.05) is 11.4 Å². The first-order chi connectivity index (χ1) is 13.9. The number of hydrogen-bond acceptors (Lipinski definition) is 5. The van der Waals surface area contributed by atoms with E-state index in [4.69, 9.17) is 10.2 Å². The highest BCUT2D eigenvalue weighted by Crippen LogP contribution is 2.32. The molecule has 7 nitrogen and oxygen atoms in total. The lowest BCUT2D eigenvalue weighted by Crippen LogP contribution is -2.37. The zero-order valence-electron chi connectivity index (χ0n) is 16.1. The van der Waals surface area contributed by atoms with Crippen molar-refractivity contribution in [3.05, 3.63) is 76.1 Å². The van der Waals surface area contributed by atoms with Crippen molar-refractivity contribution < 1.29 is 18.8 Å². The van der Waals surface area contributed by atoms with Crippen molar-refractivity contribution in [2.75, 3.05) is 11.9 Å². The second kappa shape index (κ2) is 8.74. The summed E-state index contributed by atoms with van der Waals surface area (Å²) in [7, 11) is 0. The van der Waals surface area contributed by atoms with Crippen LogP contribution in [0.4, 0.5) is 5.00 Å². The minimum Gasteiger partial charge on any atom is -0.459 e. The van der Waals surface area contributed by atoms with Crippen molar-refractivity contribution in [2.45, 2.75) is 20.4 Å². The van der Waals surface area contributed by atoms with Crippen LogP contribution in [0.2, 0.25) is 0 Å². The van der Waals surface area contributed by atoms with E-state index in [1.807, 2.05) is 37.3 Å². The molecule has 29 heavy (non-hydrogen) atoms. The number of thiophene rings is 1. The lowest BCUT2D eigenvalue weighted by atomic mass is 10.1. The Kier molecular flexibility index (Phi) is 6.13. The van der Waals surface area contributed by atoms with Gasteiger partial charge in [0.15, 0.2) is 5.76 Å². The standard InChI is InChI=1S/C21H21N3O4S/c1-13-14(2)29-20(18(13)19(22)26)23-17(25)12-24(11-15-7-4-3-5-8-15)21(27)16-9-6-10-28-16/h3-10H,11-12H2,1-2H3,(H2,22,26)(H,23,25). The molecule has 3 amide bonds. The Hall–Kier alpha value is -3.39. The quantitative estimate of drug-likeness (QED) is 0.622. The molecule has 0 unspecified atom stereocenters. The van der Waals surface area contributed by atoms with Crippen LogP contribution < -0.4 is 11.1 Å². The molecule has 0 aliphatic carbocycles. The van der Waals surface area contributed by atoms with Crippen LogP contribution >= 0.6 is 11.3 Å². The summed E-state index contributed by atoms with van der Waals surface area (Å²) in [5.41, 5.74) is 7.38. The Bertz CT molecular complexity index is 1030. The number of nitrogens with zero attached hydrogens (tertiary/aromatic N) is 1. The smallest absolute Gasteiger partial charge is 0.290 e. The molecule has 0 aliphatic heterocycles. The van der Waals surface area contributed by atoms with Crippen LogP contribution in [0.1, 0.15) is 36.9 Å². The molecule has 0 saturated carbocycles. The molecular formula is C21H21N3O4S. The monoisotopic (exact) mass is 411 g/mol. The predicted molar refractivity (Wildman–Crippen MR) is 111 cm³/mol. The predicted octanol–water partition coefficient (Wildman–Crippen LogP) is 3.34. The molecule has 2 aromatic heterocycles. The van der Waals surface area contributed by atoms with Gasteiger partial charge in [-0.25, -0.2) is 0 Å². The third-order valence-electron chi connectivity index (χ3n) is 4.45. The summed E-state index contributed by atoms with van der Waals surface area (Å²) >= 11 is 1.28. The third kappa shape index (κ3) is 4.72. The summed E-state index contributed by atoms with van der Waals surface area (Å²) < 4.78 is 5.20. The number of hydrogen-bond donors (Lipinski definition) is 2. The maximum atomic E-state index is 12.8. The molecule has 3 N–H and O–H groups in total. The summed E-state index contributed by atoms with van der Waals surface area (Å²) in [6.45, 7) is 3.66. The molecule has 0 aliphatic rings. The van der Waals surface area contributed by atoms with E-state index in [2.05, 4.69) is 5.32 Å². The van der Waals surface area contributed by atoms with Gasteiger partial charge in [-0.3, -0.25) is 14.4 Å². The fourth-order valence-corrected chi connectivity index (χ4v) is 3.99. The maximum absolute atomic E-state index is 12.8. The molecule has 8 heteroatoms. The van der Waals surface area contributed by atoms with Gasteiger partial charge in [-0.15, -0.1) is 11.3 Å². The van der Waals surface area contributed by atoms with E-state index >= 15 is 0 Å². The third-order valence-corrected chi connectivity index (χ3v) is 5.58. The van der Waals surface area contributed by atoms with Crippen molar-refractivity contribution >= 4 is 34.1 Å². The SMILES string of the molecule is Cc1sc(NC(=O)CN(Cc2ccccc2)C(=O)c2ccco2)c(C(N)=O)c1C. The first-order valence-corrected chi connectivity index (χ1v) is 9.74. The highest BCUT2D eigenvalue weighted by molar-refractivity contribution is 7.16. The van der Waals surface area contributed by atoms with Crippen molar-refractivity contribution in [1.29, 1.82) is 0 Å². The zero-order chi connectivity index (χ0) is 21.0. The molecule has 2 heterocycles. The number of furan rings is 1. The molecule has 0 bridgehead atoms. The second-order valence-electron chi connectivity index (χ2n) is 6.52. The van der Waals surface area contributed by atoms with Crippen LogP contribution in [0, 0.1) is 13.8 Å². The highest BCUT2D eigenvalue weighted by atomic mass is 32.1. The summed E-state index contributed by atoms with van der Waals surface area (Å²) in [5, 5.41) is 3.12. The maximum Gasteiger partial charge on any atom is 0.290 e. The molecular weight excluding hydrogens is 390 g/mol. The number of primary amides is 1. The van der Waals surface area contributed by atoms with Gasteiger partial charge < -0.3 is 20.4 Å². The van der Waals surface area contributed by atoms with Gasteiger partial charge >= 0.3 is 0 Å². The number of rotatable bonds is 7. The topological polar surface area (TPSA) is 106 Å². The lowest BCUT2D eigenvalue weighted by Gasteiger charge is -2.21. The number of carbonyl (C=O) groups excluding carboxylic acids is 3. The molecule has 150 valence electrons. The summed E-state index contributed by atoms with van der Waals surface area (Å²) in [4.78, 5) is 39.6. The van der Waals surface area contributed by atoms with Gasteiger partial charge in [0.25, 0.3) is 11.8 Å². The number of anilines is 1. The number of benzene rings is 1. The van der Waals surface area contributed by atoms with Crippen LogP contribution in [0.3, 0.4) is 0 Å². The Balaban J connectivity index is 1.80. The summed E-state index contributed by atoms with van der Waals surface area (Å²) in [5.74, 6) is -1.28. The molecule has 0 fully saturated rings. The number of carbonyl (C=O) groups is 3. The van der Waals surface area contributed by atoms with E-state index in [0.717, 1.165) is 16.0 Å². The molecule has 0 radical (unpaired) electrons. The van der Waals surface area contributed by atoms with Gasteiger partial charge in [-0.1, -0.05) is 30.3 Å². The van der Waals surface area contributed by atoms with Crippen LogP contribution in [-0.2, 0) is 11.3 Å². The van der Waals surface area contributed by atoms with Gasteiger partial charge in [0.1, 0.15) is 11.5 Å². The van der Waals surface area contributed by atoms with E-state index in [-0.39, 0.29) is 18.8 Å². The summed E-state index contributed by atoms with van der Waals surface area (Å²) in [6.07, 6.45) is 1.41. The lowest BCUT2D eigenvalue weighted by molar-refractivity contribution is -0.117. The van der Waals surface area contributed by atoms with Crippen molar-refractivity contribution in [2.24, 2.45) is 5.73 Å². The van der Waals surface area contributed by atoms with E-state index in [0.29, 0.717) is 10.6 Å². The first-order valence-electron chi connectivity index (χ1n) is 8.93. The van der Waals surface area contributed by atoms with Gasteiger partial charge in [-0.2, -0.15) is 0 Å². The van der Waals surface area contributed by atoms with E-state index in [1.165, 1.54) is 22.5 Å². The second-order valence-corrected chi connectivity index (χ2v) is 7.75. The molecule has 3 aromatic rings. The fraction of sp³-hybridized carbons (Fsp3) is 0.190. The first kappa shape index (κ1) is 20.3. The molecule has 1 aromatic carbocycles. The van der Waals surface area contributed by atoms with Gasteiger partial charge in [0.05, 0.1) is 11.8 Å². The fourth-order valence-electron chi connectivity index (χ4n) is 2.91. The molecule has 0 saturated heterocycles. The van der Waals surface area contributed by atoms with Gasteiger partial charge in [0.2, 0.25) is 5.91 Å². The zero-order valence-corrected chi connectivity index (χ0v) is 16.9. The largest absolute Gasteiger partial charge is 0.459 e. The van der Waals surface area contributed by atoms with Crippen LogP contribution in [-0.4, -0.2) is 29.2 Å². The Labute approximate surface area is 172 Å². The van der Waals surface area contributed by atoms with Crippen molar-refractivity contribution in [3.8, 4) is 0 Å². The van der Waals surface area contributed by atoms with E-state index < -0.39 is 17.7 Å². The van der Waals surface area contributed by atoms with Crippen molar-refractivity contribution in [3.63, 3.8) is 0 Å².